The fourth-order valence-corrected chi connectivity index (χ4v) is 18.2. The molecule has 24 heavy (non-hydrogen) atoms. The van der Waals surface area contributed by atoms with Crippen LogP contribution in [0, 0.1) is 0 Å². The van der Waals surface area contributed by atoms with Gasteiger partial charge in [-0.25, -0.2) is 0 Å². The Morgan fingerprint density at radius 2 is 1.38 bits per heavy atom. The van der Waals surface area contributed by atoms with E-state index in [1.165, 1.54) is 61.3 Å². The molecule has 2 rings (SSSR count). The van der Waals surface area contributed by atoms with Gasteiger partial charge in [0.25, 0.3) is 0 Å². The summed E-state index contributed by atoms with van der Waals surface area (Å²) in [6.07, 6.45) is 9.77. The second-order valence-electron chi connectivity index (χ2n) is 6.99. The van der Waals surface area contributed by atoms with Crippen molar-refractivity contribution < 1.29 is 4.42 Å². The summed E-state index contributed by atoms with van der Waals surface area (Å²) in [5.74, 6) is 0. The van der Waals surface area contributed by atoms with Crippen LogP contribution in [0.25, 0.3) is 11.3 Å². The van der Waals surface area contributed by atoms with Gasteiger partial charge in [0.15, 0.2) is 0 Å². The molecule has 0 amide bonds. The number of rotatable bonds is 11. The Kier molecular flexibility index (Phi) is 8.37. The van der Waals surface area contributed by atoms with Crippen molar-refractivity contribution in [1.82, 2.24) is 4.98 Å². The van der Waals surface area contributed by atoms with Gasteiger partial charge >= 0.3 is 152 Å². The standard InChI is InChI=1S/C9H6NO.3C4H9.Sn/c1-2-4-8(5-3-1)9-6-11-7-10-9;3*1-3-4-2;/h1-6H;3*1,3-4H2,2H3;. The molecule has 0 bridgehead atoms. The van der Waals surface area contributed by atoms with Gasteiger partial charge < -0.3 is 0 Å². The molecule has 1 aromatic carbocycles. The first-order valence-corrected chi connectivity index (χ1v) is 17.2. The van der Waals surface area contributed by atoms with Gasteiger partial charge in [0, 0.05) is 0 Å². The van der Waals surface area contributed by atoms with Crippen LogP contribution >= 0.6 is 0 Å². The molecular weight excluding hydrogens is 401 g/mol. The van der Waals surface area contributed by atoms with Crippen molar-refractivity contribution in [2.24, 2.45) is 0 Å². The van der Waals surface area contributed by atoms with E-state index < -0.39 is 18.4 Å². The molecule has 0 saturated carbocycles. The molecule has 0 aliphatic rings. The number of hydrogen-bond donors (Lipinski definition) is 0. The van der Waals surface area contributed by atoms with Crippen molar-refractivity contribution in [1.29, 1.82) is 0 Å². The van der Waals surface area contributed by atoms with Gasteiger partial charge in [-0.15, -0.1) is 0 Å². The van der Waals surface area contributed by atoms with Crippen molar-refractivity contribution in [3.8, 4) is 11.3 Å². The molecule has 1 heterocycles. The monoisotopic (exact) mass is 435 g/mol. The fraction of sp³-hybridized carbons (Fsp3) is 0.571. The Hall–Kier alpha value is -0.771. The van der Waals surface area contributed by atoms with E-state index in [0.29, 0.717) is 0 Å². The number of benzene rings is 1. The summed E-state index contributed by atoms with van der Waals surface area (Å²) in [6, 6.07) is 10.5. The summed E-state index contributed by atoms with van der Waals surface area (Å²) in [7, 11) is 0. The molecular formula is C21H33NOSn. The quantitative estimate of drug-likeness (QED) is 0.383. The number of hydrogen-bond acceptors (Lipinski definition) is 2. The van der Waals surface area contributed by atoms with Gasteiger partial charge in [0.2, 0.25) is 0 Å². The molecule has 132 valence electrons. The molecule has 0 aliphatic carbocycles. The van der Waals surface area contributed by atoms with Gasteiger partial charge in [-0.05, 0) is 0 Å². The molecule has 0 atom stereocenters. The third kappa shape index (κ3) is 5.11. The summed E-state index contributed by atoms with van der Waals surface area (Å²) in [4.78, 5) is 5.04. The van der Waals surface area contributed by atoms with Gasteiger partial charge in [0.05, 0.1) is 0 Å². The summed E-state index contributed by atoms with van der Waals surface area (Å²) < 4.78 is 11.5. The molecule has 0 unspecified atom stereocenters. The molecule has 0 radical (unpaired) electrons. The van der Waals surface area contributed by atoms with Crippen molar-refractivity contribution in [3.05, 3.63) is 36.6 Å². The van der Waals surface area contributed by atoms with Crippen molar-refractivity contribution in [3.63, 3.8) is 0 Å². The fourth-order valence-electron chi connectivity index (χ4n) is 3.50. The van der Waals surface area contributed by atoms with Crippen LogP contribution in [0.4, 0.5) is 0 Å². The molecule has 3 heteroatoms. The second kappa shape index (κ2) is 10.3. The molecule has 2 nitrogen and oxygen atoms in total. The Morgan fingerprint density at radius 1 is 0.833 bits per heavy atom. The molecule has 0 spiro atoms. The van der Waals surface area contributed by atoms with E-state index in [9.17, 15) is 0 Å². The van der Waals surface area contributed by atoms with E-state index in [1.54, 1.807) is 0 Å². The SMILES string of the molecule is CCC[CH2][Sn]([CH2]CCC)([CH2]CCC)[c]1nc(-c2ccccc2)co1. The van der Waals surface area contributed by atoms with Crippen LogP contribution in [0.1, 0.15) is 59.3 Å². The van der Waals surface area contributed by atoms with Crippen LogP contribution in [-0.4, -0.2) is 23.4 Å². The Morgan fingerprint density at radius 3 is 1.88 bits per heavy atom. The zero-order valence-electron chi connectivity index (χ0n) is 15.7. The minimum atomic E-state index is -2.52. The zero-order chi connectivity index (χ0) is 17.3. The van der Waals surface area contributed by atoms with Gasteiger partial charge in [-0.3, -0.25) is 0 Å². The molecule has 0 N–H and O–H groups in total. The average molecular weight is 434 g/mol. The van der Waals surface area contributed by atoms with Crippen molar-refractivity contribution in [2.45, 2.75) is 72.6 Å². The number of aromatic nitrogens is 1. The molecule has 1 aromatic heterocycles. The number of oxazole rings is 1. The number of nitrogens with zero attached hydrogens (tertiary/aromatic N) is 1. The molecule has 0 fully saturated rings. The summed E-state index contributed by atoms with van der Waals surface area (Å²) in [6.45, 7) is 6.92. The maximum absolute atomic E-state index is 6.16. The van der Waals surface area contributed by atoms with Crippen LogP contribution < -0.4 is 3.91 Å². The summed E-state index contributed by atoms with van der Waals surface area (Å²) >= 11 is -2.52. The molecule has 0 aliphatic heterocycles. The van der Waals surface area contributed by atoms with E-state index >= 15 is 0 Å². The first-order chi connectivity index (χ1) is 11.8. The van der Waals surface area contributed by atoms with Gasteiger partial charge in [-0.1, -0.05) is 0 Å². The van der Waals surface area contributed by atoms with Crippen LogP contribution in [-0.2, 0) is 0 Å². The van der Waals surface area contributed by atoms with Crippen LogP contribution in [0.15, 0.2) is 41.0 Å². The first-order valence-electron chi connectivity index (χ1n) is 9.77. The predicted octanol–water partition coefficient (Wildman–Crippen LogP) is 6.40. The van der Waals surface area contributed by atoms with E-state index in [-0.39, 0.29) is 0 Å². The van der Waals surface area contributed by atoms with E-state index in [1.807, 2.05) is 6.26 Å². The van der Waals surface area contributed by atoms with E-state index in [0.717, 1.165) is 5.69 Å². The van der Waals surface area contributed by atoms with Gasteiger partial charge in [0.1, 0.15) is 0 Å². The average Bonchev–Trinajstić information content (AvgIpc) is 3.13. The van der Waals surface area contributed by atoms with Gasteiger partial charge in [-0.2, -0.15) is 0 Å². The van der Waals surface area contributed by atoms with Crippen LogP contribution in [0.2, 0.25) is 13.3 Å². The topological polar surface area (TPSA) is 26.0 Å². The van der Waals surface area contributed by atoms with Crippen LogP contribution in [0.3, 0.4) is 0 Å². The molecule has 0 saturated heterocycles. The maximum atomic E-state index is 6.16. The minimum absolute atomic E-state index is 1.02. The third-order valence-electron chi connectivity index (χ3n) is 5.05. The van der Waals surface area contributed by atoms with Crippen molar-refractivity contribution in [2.75, 3.05) is 0 Å². The normalized spacial score (nSPS) is 11.8. The second-order valence-corrected chi connectivity index (χ2v) is 19.8. The first kappa shape index (κ1) is 19.6. The summed E-state index contributed by atoms with van der Waals surface area (Å²) in [5.41, 5.74) is 2.20. The molecule has 2 aromatic rings. The Bertz CT molecular complexity index is 557. The summed E-state index contributed by atoms with van der Waals surface area (Å²) in [5, 5.41) is 0. The Balaban J connectivity index is 2.31. The zero-order valence-corrected chi connectivity index (χ0v) is 18.5. The third-order valence-corrected chi connectivity index (χ3v) is 19.5. The predicted molar refractivity (Wildman–Crippen MR) is 106 cm³/mol. The van der Waals surface area contributed by atoms with E-state index in [2.05, 4.69) is 51.1 Å². The van der Waals surface area contributed by atoms with E-state index in [4.69, 9.17) is 9.40 Å². The number of unbranched alkanes of at least 4 members (excludes halogenated alkanes) is 3. The van der Waals surface area contributed by atoms with Crippen LogP contribution in [0.5, 0.6) is 0 Å². The van der Waals surface area contributed by atoms with Crippen molar-refractivity contribution >= 4 is 22.3 Å². The Labute approximate surface area is 151 Å².